The van der Waals surface area contributed by atoms with Crippen molar-refractivity contribution < 1.29 is 14.2 Å². The first-order valence-corrected chi connectivity index (χ1v) is 10.1. The third-order valence-electron chi connectivity index (χ3n) is 6.20. The van der Waals surface area contributed by atoms with E-state index in [1.54, 1.807) is 0 Å². The first-order valence-electron chi connectivity index (χ1n) is 10.1. The lowest BCUT2D eigenvalue weighted by molar-refractivity contribution is -0.0650. The number of ether oxygens (including phenoxy) is 3. The van der Waals surface area contributed by atoms with Gasteiger partial charge in [-0.25, -0.2) is 5.01 Å². The third-order valence-corrected chi connectivity index (χ3v) is 6.20. The quantitative estimate of drug-likeness (QED) is 0.577. The molecule has 0 amide bonds. The van der Waals surface area contributed by atoms with Gasteiger partial charge in [0, 0.05) is 44.2 Å². The third kappa shape index (κ3) is 4.53. The monoisotopic (exact) mass is 354 g/mol. The Labute approximate surface area is 151 Å². The van der Waals surface area contributed by atoms with E-state index in [0.29, 0.717) is 49.8 Å². The summed E-state index contributed by atoms with van der Waals surface area (Å²) in [6, 6.07) is 1.14. The highest BCUT2D eigenvalue weighted by Gasteiger charge is 2.45. The van der Waals surface area contributed by atoms with Crippen LogP contribution in [0.1, 0.15) is 32.6 Å². The lowest BCUT2D eigenvalue weighted by Gasteiger charge is -2.35. The van der Waals surface area contributed by atoms with E-state index < -0.39 is 0 Å². The summed E-state index contributed by atoms with van der Waals surface area (Å²) >= 11 is 0. The van der Waals surface area contributed by atoms with Crippen molar-refractivity contribution in [3.8, 4) is 0 Å². The molecule has 4 rings (SSSR count). The molecule has 7 heteroatoms. The van der Waals surface area contributed by atoms with Crippen LogP contribution in [0.25, 0.3) is 0 Å². The second kappa shape index (κ2) is 8.61. The molecule has 3 heterocycles. The van der Waals surface area contributed by atoms with E-state index in [9.17, 15) is 0 Å². The van der Waals surface area contributed by atoms with Gasteiger partial charge in [0.2, 0.25) is 0 Å². The summed E-state index contributed by atoms with van der Waals surface area (Å²) in [6.45, 7) is 8.14. The van der Waals surface area contributed by atoms with Crippen LogP contribution in [0.15, 0.2) is 0 Å². The Kier molecular flexibility index (Phi) is 6.23. The highest BCUT2D eigenvalue weighted by atomic mass is 16.6. The maximum Gasteiger partial charge on any atom is 0.0781 e. The van der Waals surface area contributed by atoms with Crippen LogP contribution in [0.3, 0.4) is 0 Å². The fourth-order valence-corrected chi connectivity index (χ4v) is 4.83. The van der Waals surface area contributed by atoms with Crippen molar-refractivity contribution in [3.63, 3.8) is 0 Å². The number of hydrogen-bond acceptors (Lipinski definition) is 7. The van der Waals surface area contributed by atoms with Crippen molar-refractivity contribution >= 4 is 0 Å². The normalized spacial score (nSPS) is 46.7. The Bertz CT molecular complexity index is 427. The number of hydrogen-bond donors (Lipinski definition) is 3. The molecular formula is C18H34N4O3. The summed E-state index contributed by atoms with van der Waals surface area (Å²) in [5, 5.41) is 2.37. The van der Waals surface area contributed by atoms with Gasteiger partial charge in [0.15, 0.2) is 0 Å². The molecular weight excluding hydrogens is 320 g/mol. The molecule has 0 spiro atoms. The van der Waals surface area contributed by atoms with Gasteiger partial charge in [0.25, 0.3) is 0 Å². The van der Waals surface area contributed by atoms with E-state index in [1.165, 1.54) is 6.42 Å². The molecule has 0 aromatic rings. The Hall–Kier alpha value is -0.280. The zero-order valence-corrected chi connectivity index (χ0v) is 15.4. The van der Waals surface area contributed by atoms with Gasteiger partial charge in [0.1, 0.15) is 0 Å². The molecule has 4 aliphatic rings. The minimum Gasteiger partial charge on any atom is -0.379 e. The van der Waals surface area contributed by atoms with Crippen LogP contribution in [0.5, 0.6) is 0 Å². The Morgan fingerprint density at radius 1 is 1.04 bits per heavy atom. The maximum absolute atomic E-state index is 6.21. The topological polar surface area (TPSA) is 67.0 Å². The summed E-state index contributed by atoms with van der Waals surface area (Å²) in [5.41, 5.74) is 10.8. The first-order chi connectivity index (χ1) is 12.3. The lowest BCUT2D eigenvalue weighted by atomic mass is 9.76. The van der Waals surface area contributed by atoms with Gasteiger partial charge in [-0.05, 0) is 38.5 Å². The molecule has 4 bridgehead atoms. The number of rotatable bonds is 0. The standard InChI is InChI=1S/C18H34N4O3/c1-13-12-25-15-3-4-17-16(9-15)18(21-20-17)14-10-19-22(11-14)5-2-6-23-7-8-24-13/h13-21H,2-12H2,1H3/t13-,14?,15?,16?,17?,18?/m0/s1. The average Bonchev–Trinajstić information content (AvgIpc) is 3.24. The highest BCUT2D eigenvalue weighted by Crippen LogP contribution is 2.35. The SMILES string of the molecule is C[C@H]1COC2CCC3NNC(C4CNN(CCCOCCO1)C4)C3C2. The van der Waals surface area contributed by atoms with Gasteiger partial charge in [0.05, 0.1) is 32.0 Å². The second-order valence-corrected chi connectivity index (χ2v) is 8.07. The van der Waals surface area contributed by atoms with Crippen LogP contribution < -0.4 is 16.3 Å². The lowest BCUT2D eigenvalue weighted by Crippen LogP contribution is -2.42. The minimum absolute atomic E-state index is 0.138. The zero-order valence-electron chi connectivity index (χ0n) is 15.4. The molecule has 0 radical (unpaired) electrons. The van der Waals surface area contributed by atoms with Crippen molar-refractivity contribution in [1.29, 1.82) is 0 Å². The van der Waals surface area contributed by atoms with Crippen molar-refractivity contribution in [1.82, 2.24) is 21.3 Å². The molecule has 7 nitrogen and oxygen atoms in total. The van der Waals surface area contributed by atoms with Gasteiger partial charge in [-0.3, -0.25) is 16.3 Å². The van der Waals surface area contributed by atoms with Crippen LogP contribution in [0.2, 0.25) is 0 Å². The fraction of sp³-hybridized carbons (Fsp3) is 1.00. The van der Waals surface area contributed by atoms with E-state index in [4.69, 9.17) is 14.2 Å². The molecule has 0 aromatic heterocycles. The molecule has 3 aliphatic heterocycles. The van der Waals surface area contributed by atoms with Crippen molar-refractivity contribution in [2.24, 2.45) is 11.8 Å². The van der Waals surface area contributed by atoms with E-state index in [2.05, 4.69) is 28.2 Å². The summed E-state index contributed by atoms with van der Waals surface area (Å²) in [5.74, 6) is 1.32. The zero-order chi connectivity index (χ0) is 17.1. The molecule has 1 aliphatic carbocycles. The van der Waals surface area contributed by atoms with Crippen LogP contribution in [0.4, 0.5) is 0 Å². The van der Waals surface area contributed by atoms with E-state index in [1.807, 2.05) is 0 Å². The van der Waals surface area contributed by atoms with Crippen molar-refractivity contribution in [2.75, 3.05) is 46.1 Å². The molecule has 6 unspecified atom stereocenters. The van der Waals surface area contributed by atoms with Gasteiger partial charge in [-0.1, -0.05) is 0 Å². The number of fused-ring (bicyclic) bond motifs is 4. The highest BCUT2D eigenvalue weighted by molar-refractivity contribution is 5.00. The van der Waals surface area contributed by atoms with Crippen molar-refractivity contribution in [3.05, 3.63) is 0 Å². The van der Waals surface area contributed by atoms with Crippen LogP contribution >= 0.6 is 0 Å². The largest absolute Gasteiger partial charge is 0.379 e. The fourth-order valence-electron chi connectivity index (χ4n) is 4.83. The molecule has 3 N–H and O–H groups in total. The number of nitrogens with one attached hydrogen (secondary N) is 3. The smallest absolute Gasteiger partial charge is 0.0781 e. The van der Waals surface area contributed by atoms with E-state index in [-0.39, 0.29) is 6.10 Å². The van der Waals surface area contributed by atoms with Gasteiger partial charge in [-0.15, -0.1) is 0 Å². The van der Waals surface area contributed by atoms with Gasteiger partial charge >= 0.3 is 0 Å². The Morgan fingerprint density at radius 3 is 2.96 bits per heavy atom. The van der Waals surface area contributed by atoms with Crippen LogP contribution in [-0.2, 0) is 14.2 Å². The summed E-state index contributed by atoms with van der Waals surface area (Å²) in [4.78, 5) is 0. The Balaban J connectivity index is 1.39. The predicted octanol–water partition coefficient (Wildman–Crippen LogP) is 0.279. The maximum atomic E-state index is 6.21. The van der Waals surface area contributed by atoms with E-state index >= 15 is 0 Å². The van der Waals surface area contributed by atoms with Crippen LogP contribution in [-0.4, -0.2) is 75.4 Å². The Morgan fingerprint density at radius 2 is 2.00 bits per heavy atom. The van der Waals surface area contributed by atoms with Gasteiger partial charge in [-0.2, -0.15) is 0 Å². The van der Waals surface area contributed by atoms with Gasteiger partial charge < -0.3 is 14.2 Å². The number of hydrazine groups is 2. The van der Waals surface area contributed by atoms with E-state index in [0.717, 1.165) is 45.5 Å². The van der Waals surface area contributed by atoms with Crippen molar-refractivity contribution in [2.45, 2.75) is 56.9 Å². The molecule has 4 fully saturated rings. The minimum atomic E-state index is 0.138. The van der Waals surface area contributed by atoms with Crippen LogP contribution in [0, 0.1) is 11.8 Å². The summed E-state index contributed by atoms with van der Waals surface area (Å²) < 4.78 is 17.7. The first kappa shape index (κ1) is 18.1. The molecule has 1 saturated carbocycles. The molecule has 25 heavy (non-hydrogen) atoms. The molecule has 3 saturated heterocycles. The number of nitrogens with zero attached hydrogens (tertiary/aromatic N) is 1. The summed E-state index contributed by atoms with van der Waals surface area (Å²) in [6.07, 6.45) is 5.07. The second-order valence-electron chi connectivity index (χ2n) is 8.07. The summed E-state index contributed by atoms with van der Waals surface area (Å²) in [7, 11) is 0. The molecule has 144 valence electrons. The molecule has 7 atom stereocenters. The molecule has 0 aromatic carbocycles. The predicted molar refractivity (Wildman–Crippen MR) is 94.8 cm³/mol. The average molecular weight is 354 g/mol.